The number of hydrogen-bond donors (Lipinski definition) is 2. The molecule has 1 aliphatic carbocycles. The predicted molar refractivity (Wildman–Crippen MR) is 97.3 cm³/mol. The predicted octanol–water partition coefficient (Wildman–Crippen LogP) is 5.02. The largest absolute Gasteiger partial charge is 0.508 e. The average Bonchev–Trinajstić information content (AvgIpc) is 2.52. The monoisotopic (exact) mass is 334 g/mol. The molecule has 1 aliphatic rings. The van der Waals surface area contributed by atoms with Gasteiger partial charge in [0.2, 0.25) is 0 Å². The van der Waals surface area contributed by atoms with Gasteiger partial charge in [0.05, 0.1) is 11.6 Å². The number of hydrogen-bond acceptors (Lipinski definition) is 3. The third-order valence-corrected chi connectivity index (χ3v) is 4.57. The van der Waals surface area contributed by atoms with E-state index in [-0.39, 0.29) is 11.4 Å². The number of anilines is 1. The lowest BCUT2D eigenvalue weighted by Gasteiger charge is -2.18. The van der Waals surface area contributed by atoms with Crippen LogP contribution in [0.4, 0.5) is 10.1 Å². The Hall–Kier alpha value is -3.06. The van der Waals surface area contributed by atoms with Crippen LogP contribution in [-0.4, -0.2) is 5.11 Å². The summed E-state index contributed by atoms with van der Waals surface area (Å²) in [6, 6.07) is 11.9. The fraction of sp³-hybridized carbons (Fsp3) is 0.190. The van der Waals surface area contributed by atoms with Gasteiger partial charge in [-0.3, -0.25) is 0 Å². The lowest BCUT2D eigenvalue weighted by atomic mass is 9.88. The van der Waals surface area contributed by atoms with E-state index in [1.165, 1.54) is 12.1 Å². The van der Waals surface area contributed by atoms with Crippen LogP contribution < -0.4 is 5.73 Å². The molecule has 0 aromatic heterocycles. The Morgan fingerprint density at radius 1 is 1.24 bits per heavy atom. The van der Waals surface area contributed by atoms with Gasteiger partial charge in [-0.15, -0.1) is 0 Å². The van der Waals surface area contributed by atoms with Crippen LogP contribution in [0.2, 0.25) is 0 Å². The number of halogens is 1. The molecule has 0 spiro atoms. The third kappa shape index (κ3) is 3.41. The minimum Gasteiger partial charge on any atom is -0.508 e. The summed E-state index contributed by atoms with van der Waals surface area (Å²) in [6.45, 7) is 1.87. The Morgan fingerprint density at radius 3 is 2.60 bits per heavy atom. The Morgan fingerprint density at radius 2 is 2.00 bits per heavy atom. The number of aliphatic hydroxyl groups is 1. The molecule has 1 fully saturated rings. The van der Waals surface area contributed by atoms with Gasteiger partial charge in [0, 0.05) is 11.3 Å². The Balaban J connectivity index is 2.19. The van der Waals surface area contributed by atoms with Crippen molar-refractivity contribution in [3.63, 3.8) is 0 Å². The second kappa shape index (κ2) is 6.82. The summed E-state index contributed by atoms with van der Waals surface area (Å²) in [6.07, 6.45) is 4.51. The normalized spacial score (nSPS) is 14.0. The van der Waals surface area contributed by atoms with Crippen LogP contribution in [0, 0.1) is 24.1 Å². The highest BCUT2D eigenvalue weighted by Crippen LogP contribution is 2.34. The van der Waals surface area contributed by atoms with Crippen LogP contribution in [0.1, 0.15) is 41.5 Å². The van der Waals surface area contributed by atoms with Crippen LogP contribution in [0.3, 0.4) is 0 Å². The molecule has 126 valence electrons. The quantitative estimate of drug-likeness (QED) is 0.612. The summed E-state index contributed by atoms with van der Waals surface area (Å²) in [5.74, 6) is -0.187. The maximum atomic E-state index is 13.4. The molecule has 4 heteroatoms. The first-order chi connectivity index (χ1) is 12.0. The van der Waals surface area contributed by atoms with Gasteiger partial charge in [-0.25, -0.2) is 4.39 Å². The SMILES string of the molecule is Cc1ccc(/C(=C\C(O)=C2CCC2)c2ccc(F)cc2N)cc1C#N. The van der Waals surface area contributed by atoms with E-state index in [4.69, 9.17) is 5.73 Å². The van der Waals surface area contributed by atoms with Crippen LogP contribution in [-0.2, 0) is 0 Å². The number of benzene rings is 2. The van der Waals surface area contributed by atoms with Crippen molar-refractivity contribution in [3.8, 4) is 6.07 Å². The summed E-state index contributed by atoms with van der Waals surface area (Å²) in [7, 11) is 0. The van der Waals surface area contributed by atoms with Gasteiger partial charge in [0.1, 0.15) is 11.6 Å². The van der Waals surface area contributed by atoms with Gasteiger partial charge in [-0.05, 0) is 78.8 Å². The topological polar surface area (TPSA) is 70.0 Å². The molecule has 0 aliphatic heterocycles. The van der Waals surface area contributed by atoms with E-state index in [1.54, 1.807) is 18.2 Å². The lowest BCUT2D eigenvalue weighted by molar-refractivity contribution is 0.407. The van der Waals surface area contributed by atoms with E-state index in [1.807, 2.05) is 19.1 Å². The minimum absolute atomic E-state index is 0.226. The van der Waals surface area contributed by atoms with Gasteiger partial charge >= 0.3 is 0 Å². The van der Waals surface area contributed by atoms with Crippen molar-refractivity contribution >= 4 is 11.3 Å². The van der Waals surface area contributed by atoms with Crippen LogP contribution in [0.15, 0.2) is 53.8 Å². The zero-order chi connectivity index (χ0) is 18.0. The smallest absolute Gasteiger partial charge is 0.125 e. The number of rotatable bonds is 3. The summed E-state index contributed by atoms with van der Waals surface area (Å²) in [5, 5.41) is 19.7. The van der Waals surface area contributed by atoms with E-state index in [2.05, 4.69) is 6.07 Å². The van der Waals surface area contributed by atoms with Gasteiger partial charge in [0.15, 0.2) is 0 Å². The zero-order valence-corrected chi connectivity index (χ0v) is 14.0. The highest BCUT2D eigenvalue weighted by molar-refractivity contribution is 5.87. The van der Waals surface area contributed by atoms with E-state index in [0.717, 1.165) is 36.0 Å². The van der Waals surface area contributed by atoms with Crippen molar-refractivity contribution in [2.75, 3.05) is 5.73 Å². The van der Waals surface area contributed by atoms with Gasteiger partial charge in [0.25, 0.3) is 0 Å². The summed E-state index contributed by atoms with van der Waals surface area (Å²) in [5.41, 5.74) is 10.8. The maximum Gasteiger partial charge on any atom is 0.125 e. The van der Waals surface area contributed by atoms with E-state index < -0.39 is 5.82 Å². The number of nitriles is 1. The first-order valence-corrected chi connectivity index (χ1v) is 8.19. The summed E-state index contributed by atoms with van der Waals surface area (Å²) in [4.78, 5) is 0. The number of nitrogens with zero attached hydrogens (tertiary/aromatic N) is 1. The lowest BCUT2D eigenvalue weighted by Crippen LogP contribution is -2.02. The Labute approximate surface area is 146 Å². The molecule has 3 N–H and O–H groups in total. The van der Waals surface area contributed by atoms with Gasteiger partial charge in [-0.1, -0.05) is 12.1 Å². The highest BCUT2D eigenvalue weighted by atomic mass is 19.1. The molecule has 0 atom stereocenters. The molecule has 0 heterocycles. The highest BCUT2D eigenvalue weighted by Gasteiger charge is 2.16. The Kier molecular flexibility index (Phi) is 4.58. The molecule has 2 aromatic rings. The number of aliphatic hydroxyl groups excluding tert-OH is 1. The van der Waals surface area contributed by atoms with Crippen molar-refractivity contribution in [3.05, 3.63) is 81.9 Å². The van der Waals surface area contributed by atoms with Crippen molar-refractivity contribution < 1.29 is 9.50 Å². The van der Waals surface area contributed by atoms with Gasteiger partial charge in [-0.2, -0.15) is 5.26 Å². The van der Waals surface area contributed by atoms with Crippen molar-refractivity contribution in [2.45, 2.75) is 26.2 Å². The molecule has 0 unspecified atom stereocenters. The van der Waals surface area contributed by atoms with Crippen LogP contribution in [0.25, 0.3) is 5.57 Å². The molecular weight excluding hydrogens is 315 g/mol. The van der Waals surface area contributed by atoms with E-state index in [0.29, 0.717) is 16.7 Å². The maximum absolute atomic E-state index is 13.4. The van der Waals surface area contributed by atoms with E-state index >= 15 is 0 Å². The minimum atomic E-state index is -0.413. The van der Waals surface area contributed by atoms with Crippen molar-refractivity contribution in [1.29, 1.82) is 5.26 Å². The number of nitrogens with two attached hydrogens (primary N) is 1. The molecule has 25 heavy (non-hydrogen) atoms. The fourth-order valence-electron chi connectivity index (χ4n) is 2.85. The molecule has 2 aromatic carbocycles. The average molecular weight is 334 g/mol. The van der Waals surface area contributed by atoms with Crippen molar-refractivity contribution in [2.24, 2.45) is 0 Å². The van der Waals surface area contributed by atoms with Gasteiger partial charge < -0.3 is 10.8 Å². The van der Waals surface area contributed by atoms with Crippen LogP contribution in [0.5, 0.6) is 0 Å². The zero-order valence-electron chi connectivity index (χ0n) is 14.0. The molecule has 3 rings (SSSR count). The molecular formula is C21H19FN2O. The first kappa shape index (κ1) is 16.8. The first-order valence-electron chi connectivity index (χ1n) is 8.19. The van der Waals surface area contributed by atoms with Crippen LogP contribution >= 0.6 is 0 Å². The molecule has 1 saturated carbocycles. The Bertz CT molecular complexity index is 929. The number of aryl methyl sites for hydroxylation is 1. The second-order valence-corrected chi connectivity index (χ2v) is 6.27. The van der Waals surface area contributed by atoms with Crippen molar-refractivity contribution in [1.82, 2.24) is 0 Å². The fourth-order valence-corrected chi connectivity index (χ4v) is 2.85. The standard InChI is InChI=1S/C21H19FN2O/c1-13-5-6-15(9-16(13)12-23)19(11-21(25)14-3-2-4-14)18-8-7-17(22)10-20(18)24/h5-11,25H,2-4,24H2,1H3/b19-11+. The second-order valence-electron chi connectivity index (χ2n) is 6.27. The molecule has 0 saturated heterocycles. The summed E-state index contributed by atoms with van der Waals surface area (Å²) >= 11 is 0. The summed E-state index contributed by atoms with van der Waals surface area (Å²) < 4.78 is 13.4. The molecule has 0 bridgehead atoms. The third-order valence-electron chi connectivity index (χ3n) is 4.57. The molecule has 0 radical (unpaired) electrons. The molecule has 3 nitrogen and oxygen atoms in total. The molecule has 0 amide bonds. The van der Waals surface area contributed by atoms with E-state index in [9.17, 15) is 14.8 Å². The number of allylic oxidation sites excluding steroid dienone is 2. The number of nitrogen functional groups attached to an aromatic ring is 1.